The fraction of sp³-hybridized carbons (Fsp3) is 0.375. The van der Waals surface area contributed by atoms with Gasteiger partial charge in [-0.05, 0) is 43.1 Å². The number of benzene rings is 1. The summed E-state index contributed by atoms with van der Waals surface area (Å²) in [6.45, 7) is 1.99. The van der Waals surface area contributed by atoms with Gasteiger partial charge in [-0.25, -0.2) is 0 Å². The summed E-state index contributed by atoms with van der Waals surface area (Å²) >= 11 is 5.21. The molecule has 3 nitrogen and oxygen atoms in total. The van der Waals surface area contributed by atoms with E-state index >= 15 is 0 Å². The van der Waals surface area contributed by atoms with Gasteiger partial charge in [0.1, 0.15) is 0 Å². The quantitative estimate of drug-likeness (QED) is 0.881. The molecular weight excluding hydrogens is 266 g/mol. The lowest BCUT2D eigenvalue weighted by molar-refractivity contribution is 0.185. The molecule has 1 aromatic carbocycles. The van der Waals surface area contributed by atoms with Crippen LogP contribution in [0.5, 0.6) is 0 Å². The molecule has 2 heterocycles. The van der Waals surface area contributed by atoms with E-state index in [0.29, 0.717) is 4.99 Å². The van der Waals surface area contributed by atoms with Crippen molar-refractivity contribution in [2.24, 2.45) is 5.73 Å². The molecule has 0 amide bonds. The molecule has 4 heteroatoms. The highest BCUT2D eigenvalue weighted by atomic mass is 32.1. The van der Waals surface area contributed by atoms with Crippen molar-refractivity contribution in [2.75, 3.05) is 6.54 Å². The molecule has 0 bridgehead atoms. The molecule has 1 saturated heterocycles. The fourth-order valence-corrected chi connectivity index (χ4v) is 3.23. The Bertz CT molecular complexity index is 626. The first kappa shape index (κ1) is 13.5. The molecule has 1 fully saturated rings. The highest BCUT2D eigenvalue weighted by molar-refractivity contribution is 7.80. The van der Waals surface area contributed by atoms with E-state index < -0.39 is 0 Å². The van der Waals surface area contributed by atoms with Crippen LogP contribution in [0.4, 0.5) is 0 Å². The van der Waals surface area contributed by atoms with Crippen LogP contribution in [0.25, 0.3) is 10.9 Å². The molecule has 2 aromatic rings. The maximum atomic E-state index is 5.88. The molecule has 1 atom stereocenters. The van der Waals surface area contributed by atoms with Crippen molar-refractivity contribution in [2.45, 2.75) is 31.8 Å². The molecule has 20 heavy (non-hydrogen) atoms. The van der Waals surface area contributed by atoms with Gasteiger partial charge in [0.05, 0.1) is 16.5 Å². The Kier molecular flexibility index (Phi) is 3.94. The molecule has 3 rings (SSSR count). The second-order valence-electron chi connectivity index (χ2n) is 5.41. The van der Waals surface area contributed by atoms with Crippen molar-refractivity contribution in [1.29, 1.82) is 0 Å². The third-order valence-corrected chi connectivity index (χ3v) is 4.27. The zero-order valence-corrected chi connectivity index (χ0v) is 12.3. The van der Waals surface area contributed by atoms with Crippen molar-refractivity contribution in [3.8, 4) is 0 Å². The Hall–Kier alpha value is -1.52. The summed E-state index contributed by atoms with van der Waals surface area (Å²) in [6, 6.07) is 10.8. The molecular formula is C16H19N3S. The molecule has 0 aliphatic carbocycles. The minimum Gasteiger partial charge on any atom is -0.392 e. The van der Waals surface area contributed by atoms with Gasteiger partial charge in [0.15, 0.2) is 0 Å². The minimum atomic E-state index is 0.253. The predicted molar refractivity (Wildman–Crippen MR) is 86.6 cm³/mol. The topological polar surface area (TPSA) is 42.1 Å². The summed E-state index contributed by atoms with van der Waals surface area (Å²) in [6.07, 6.45) is 5.37. The second-order valence-corrected chi connectivity index (χ2v) is 5.89. The van der Waals surface area contributed by atoms with Crippen LogP contribution in [-0.2, 0) is 6.54 Å². The van der Waals surface area contributed by atoms with Gasteiger partial charge in [-0.1, -0.05) is 30.8 Å². The average Bonchev–Trinajstić information content (AvgIpc) is 2.47. The van der Waals surface area contributed by atoms with Gasteiger partial charge in [0.2, 0.25) is 0 Å². The monoisotopic (exact) mass is 285 g/mol. The Balaban J connectivity index is 1.82. The van der Waals surface area contributed by atoms with Crippen LogP contribution in [0.1, 0.15) is 24.8 Å². The summed E-state index contributed by atoms with van der Waals surface area (Å²) in [4.78, 5) is 7.40. The Morgan fingerprint density at radius 2 is 2.25 bits per heavy atom. The van der Waals surface area contributed by atoms with Gasteiger partial charge >= 0.3 is 0 Å². The van der Waals surface area contributed by atoms with E-state index in [1.807, 2.05) is 12.3 Å². The van der Waals surface area contributed by atoms with Gasteiger partial charge < -0.3 is 5.73 Å². The van der Waals surface area contributed by atoms with Crippen LogP contribution in [0.2, 0.25) is 0 Å². The molecule has 0 saturated carbocycles. The predicted octanol–water partition coefficient (Wildman–Crippen LogP) is 2.88. The Morgan fingerprint density at radius 3 is 3.10 bits per heavy atom. The lowest BCUT2D eigenvalue weighted by atomic mass is 10.0. The van der Waals surface area contributed by atoms with E-state index in [-0.39, 0.29) is 6.04 Å². The summed E-state index contributed by atoms with van der Waals surface area (Å²) in [5.74, 6) is 0. The van der Waals surface area contributed by atoms with Crippen LogP contribution in [0, 0.1) is 0 Å². The highest BCUT2D eigenvalue weighted by Gasteiger charge is 2.24. The van der Waals surface area contributed by atoms with E-state index in [2.05, 4.69) is 34.1 Å². The third kappa shape index (κ3) is 2.81. The second kappa shape index (κ2) is 5.85. The van der Waals surface area contributed by atoms with Crippen LogP contribution >= 0.6 is 12.2 Å². The number of likely N-dealkylation sites (tertiary alicyclic amines) is 1. The minimum absolute atomic E-state index is 0.253. The zero-order chi connectivity index (χ0) is 13.9. The molecule has 104 valence electrons. The van der Waals surface area contributed by atoms with Crippen LogP contribution in [-0.4, -0.2) is 27.5 Å². The van der Waals surface area contributed by atoms with Crippen molar-refractivity contribution < 1.29 is 0 Å². The lowest BCUT2D eigenvalue weighted by Crippen LogP contribution is -2.46. The van der Waals surface area contributed by atoms with Crippen LogP contribution < -0.4 is 5.73 Å². The smallest absolute Gasteiger partial charge is 0.0902 e. The molecule has 1 aliphatic heterocycles. The third-order valence-electron chi connectivity index (χ3n) is 4.00. The van der Waals surface area contributed by atoms with Gasteiger partial charge in [-0.2, -0.15) is 0 Å². The van der Waals surface area contributed by atoms with E-state index in [9.17, 15) is 0 Å². The average molecular weight is 285 g/mol. The largest absolute Gasteiger partial charge is 0.392 e. The van der Waals surface area contributed by atoms with Gasteiger partial charge in [0, 0.05) is 18.1 Å². The maximum Gasteiger partial charge on any atom is 0.0902 e. The SMILES string of the molecule is NC(=S)C1CCCCN1Cc1ccc2ncccc2c1. The van der Waals surface area contributed by atoms with Crippen molar-refractivity contribution >= 4 is 28.1 Å². The summed E-state index contributed by atoms with van der Waals surface area (Å²) < 4.78 is 0. The van der Waals surface area contributed by atoms with E-state index in [1.165, 1.54) is 23.8 Å². The molecule has 1 aromatic heterocycles. The molecule has 1 unspecified atom stereocenters. The van der Waals surface area contributed by atoms with Gasteiger partial charge in [-0.3, -0.25) is 9.88 Å². The zero-order valence-electron chi connectivity index (χ0n) is 11.5. The number of aromatic nitrogens is 1. The van der Waals surface area contributed by atoms with Crippen molar-refractivity contribution in [3.05, 3.63) is 42.1 Å². The summed E-state index contributed by atoms with van der Waals surface area (Å²) in [7, 11) is 0. The van der Waals surface area contributed by atoms with Gasteiger partial charge in [0.25, 0.3) is 0 Å². The number of thiocarbonyl (C=S) groups is 1. The Labute approximate surface area is 124 Å². The van der Waals surface area contributed by atoms with E-state index in [4.69, 9.17) is 18.0 Å². The van der Waals surface area contributed by atoms with E-state index in [0.717, 1.165) is 25.0 Å². The fourth-order valence-electron chi connectivity index (χ4n) is 2.96. The molecule has 2 N–H and O–H groups in total. The number of fused-ring (bicyclic) bond motifs is 1. The first-order valence-corrected chi connectivity index (χ1v) is 7.52. The highest BCUT2D eigenvalue weighted by Crippen LogP contribution is 2.21. The number of piperidine rings is 1. The number of hydrogen-bond donors (Lipinski definition) is 1. The van der Waals surface area contributed by atoms with E-state index in [1.54, 1.807) is 0 Å². The lowest BCUT2D eigenvalue weighted by Gasteiger charge is -2.35. The standard InChI is InChI=1S/C16H19N3S/c17-16(20)15-5-1-2-9-19(15)11-12-6-7-14-13(10-12)4-3-8-18-14/h3-4,6-8,10,15H,1-2,5,9,11H2,(H2,17,20). The number of nitrogens with zero attached hydrogens (tertiary/aromatic N) is 2. The molecule has 1 aliphatic rings. The van der Waals surface area contributed by atoms with Gasteiger partial charge in [-0.15, -0.1) is 0 Å². The first-order chi connectivity index (χ1) is 9.74. The van der Waals surface area contributed by atoms with Crippen LogP contribution in [0.15, 0.2) is 36.5 Å². The normalized spacial score (nSPS) is 20.1. The van der Waals surface area contributed by atoms with Crippen LogP contribution in [0.3, 0.4) is 0 Å². The van der Waals surface area contributed by atoms with Crippen molar-refractivity contribution in [3.63, 3.8) is 0 Å². The number of rotatable bonds is 3. The number of nitrogens with two attached hydrogens (primary N) is 1. The maximum absolute atomic E-state index is 5.88. The first-order valence-electron chi connectivity index (χ1n) is 7.11. The molecule has 0 radical (unpaired) electrons. The summed E-state index contributed by atoms with van der Waals surface area (Å²) in [5.41, 5.74) is 8.22. The molecule has 0 spiro atoms. The Morgan fingerprint density at radius 1 is 1.35 bits per heavy atom. The summed E-state index contributed by atoms with van der Waals surface area (Å²) in [5, 5.41) is 1.19. The number of hydrogen-bond acceptors (Lipinski definition) is 3. The van der Waals surface area contributed by atoms with Crippen molar-refractivity contribution in [1.82, 2.24) is 9.88 Å². The number of pyridine rings is 1.